The van der Waals surface area contributed by atoms with Gasteiger partial charge in [-0.15, -0.1) is 11.3 Å². The van der Waals surface area contributed by atoms with Gasteiger partial charge in [0.2, 0.25) is 5.95 Å². The summed E-state index contributed by atoms with van der Waals surface area (Å²) in [4.78, 5) is 39.1. The maximum atomic E-state index is 12.4. The summed E-state index contributed by atoms with van der Waals surface area (Å²) in [6, 6.07) is 7.88. The van der Waals surface area contributed by atoms with Gasteiger partial charge in [-0.05, 0) is 86.5 Å². The van der Waals surface area contributed by atoms with Crippen molar-refractivity contribution in [3.8, 4) is 5.75 Å². The number of aryl methyl sites for hydroxylation is 1. The Morgan fingerprint density at radius 1 is 1.21 bits per heavy atom. The molecule has 5 rings (SSSR count). The molecule has 39 heavy (non-hydrogen) atoms. The van der Waals surface area contributed by atoms with Crippen LogP contribution in [0.15, 0.2) is 35.8 Å². The Balaban J connectivity index is 1.44. The number of thiophene rings is 1. The van der Waals surface area contributed by atoms with E-state index in [9.17, 15) is 9.59 Å². The number of Topliss-reactive ketones (excluding diaryl/α,β-unsaturated/α-hetero) is 1. The third kappa shape index (κ3) is 5.89. The smallest absolute Gasteiger partial charge is 0.260 e. The second-order valence-corrected chi connectivity index (χ2v) is 11.0. The fourth-order valence-electron chi connectivity index (χ4n) is 5.20. The Labute approximate surface area is 231 Å². The number of carbonyl (C=O) groups excluding carboxylic acids is 2. The molecule has 204 valence electrons. The van der Waals surface area contributed by atoms with Gasteiger partial charge in [0.15, 0.2) is 0 Å². The predicted molar refractivity (Wildman–Crippen MR) is 155 cm³/mol. The van der Waals surface area contributed by atoms with Crippen molar-refractivity contribution in [1.29, 1.82) is 0 Å². The van der Waals surface area contributed by atoms with Crippen LogP contribution in [0.3, 0.4) is 0 Å². The molecule has 3 heterocycles. The Morgan fingerprint density at radius 3 is 2.82 bits per heavy atom. The number of nitrogens with one attached hydrogen (secondary N) is 3. The van der Waals surface area contributed by atoms with Crippen molar-refractivity contribution in [2.45, 2.75) is 38.0 Å². The normalized spacial score (nSPS) is 14.8. The molecule has 1 aliphatic carbocycles. The molecule has 0 spiro atoms. The van der Waals surface area contributed by atoms with Gasteiger partial charge >= 0.3 is 0 Å². The second kappa shape index (κ2) is 11.4. The minimum atomic E-state index is -0.498. The van der Waals surface area contributed by atoms with Crippen molar-refractivity contribution >= 4 is 57.2 Å². The second-order valence-electron chi connectivity index (χ2n) is 10.1. The summed E-state index contributed by atoms with van der Waals surface area (Å²) in [5, 5.41) is 9.19. The molecule has 11 heteroatoms. The molecule has 0 radical (unpaired) electrons. The number of likely N-dealkylation sites (N-methyl/N-ethyl adjacent to an activating group) is 1. The molecule has 0 saturated carbocycles. The van der Waals surface area contributed by atoms with Crippen LogP contribution in [0, 0.1) is 0 Å². The first kappa shape index (κ1) is 26.6. The predicted octanol–water partition coefficient (Wildman–Crippen LogP) is 4.94. The monoisotopic (exact) mass is 547 g/mol. The molecular formula is C28H33N7O3S. The summed E-state index contributed by atoms with van der Waals surface area (Å²) < 4.78 is 5.74. The maximum absolute atomic E-state index is 12.4. The van der Waals surface area contributed by atoms with E-state index in [0.717, 1.165) is 36.8 Å². The Hall–Kier alpha value is -3.96. The SMILES string of the molecule is COc1cc2c(cc1Nc1nc(Nc3ccsc3C(N)=O)c3cc[nH]c3n1)C(CCC(=O)CN(C)C)CCC2. The van der Waals surface area contributed by atoms with Crippen LogP contribution < -0.4 is 21.1 Å². The summed E-state index contributed by atoms with van der Waals surface area (Å²) in [5.41, 5.74) is 10.0. The molecule has 0 fully saturated rings. The number of benzene rings is 1. The number of aromatic amines is 1. The minimum absolute atomic E-state index is 0.261. The van der Waals surface area contributed by atoms with Crippen LogP contribution in [0.2, 0.25) is 0 Å². The quantitative estimate of drug-likeness (QED) is 0.207. The number of hydrogen-bond acceptors (Lipinski definition) is 9. The number of amides is 1. The van der Waals surface area contributed by atoms with E-state index in [1.807, 2.05) is 25.1 Å². The molecule has 1 atom stereocenters. The van der Waals surface area contributed by atoms with Crippen molar-refractivity contribution in [3.63, 3.8) is 0 Å². The van der Waals surface area contributed by atoms with E-state index < -0.39 is 5.91 Å². The van der Waals surface area contributed by atoms with Gasteiger partial charge in [0.1, 0.15) is 27.9 Å². The highest BCUT2D eigenvalue weighted by Crippen LogP contribution is 2.41. The Kier molecular flexibility index (Phi) is 7.80. The number of nitrogens with two attached hydrogens (primary N) is 1. The number of anilines is 4. The van der Waals surface area contributed by atoms with Gasteiger partial charge in [0.05, 0.1) is 30.4 Å². The fraction of sp³-hybridized carbons (Fsp3) is 0.357. The van der Waals surface area contributed by atoms with Crippen LogP contribution in [0.5, 0.6) is 5.75 Å². The molecule has 1 amide bonds. The minimum Gasteiger partial charge on any atom is -0.495 e. The Bertz CT molecular complexity index is 1510. The van der Waals surface area contributed by atoms with E-state index in [2.05, 4.69) is 32.7 Å². The number of ketones is 1. The van der Waals surface area contributed by atoms with Gasteiger partial charge < -0.3 is 31.0 Å². The molecule has 10 nitrogen and oxygen atoms in total. The number of methoxy groups -OCH3 is 1. The van der Waals surface area contributed by atoms with Crippen LogP contribution in [0.4, 0.5) is 23.1 Å². The molecule has 0 saturated heterocycles. The van der Waals surface area contributed by atoms with E-state index in [-0.39, 0.29) is 5.78 Å². The van der Waals surface area contributed by atoms with Gasteiger partial charge in [-0.3, -0.25) is 9.59 Å². The summed E-state index contributed by atoms with van der Waals surface area (Å²) in [6.07, 6.45) is 6.30. The zero-order valence-corrected chi connectivity index (χ0v) is 23.2. The topological polar surface area (TPSA) is 138 Å². The molecular weight excluding hydrogens is 514 g/mol. The largest absolute Gasteiger partial charge is 0.495 e. The highest BCUT2D eigenvalue weighted by atomic mass is 32.1. The third-order valence-electron chi connectivity index (χ3n) is 6.97. The van der Waals surface area contributed by atoms with Gasteiger partial charge in [0, 0.05) is 12.6 Å². The number of fused-ring (bicyclic) bond motifs is 2. The average Bonchev–Trinajstić information content (AvgIpc) is 3.56. The lowest BCUT2D eigenvalue weighted by Gasteiger charge is -2.27. The summed E-state index contributed by atoms with van der Waals surface area (Å²) >= 11 is 1.27. The van der Waals surface area contributed by atoms with Crippen LogP contribution in [-0.4, -0.2) is 59.3 Å². The highest BCUT2D eigenvalue weighted by molar-refractivity contribution is 7.12. The lowest BCUT2D eigenvalue weighted by Crippen LogP contribution is -2.22. The first-order chi connectivity index (χ1) is 18.8. The number of carbonyl (C=O) groups is 2. The van der Waals surface area contributed by atoms with Crippen LogP contribution in [0.1, 0.15) is 52.4 Å². The number of H-pyrrole nitrogens is 1. The van der Waals surface area contributed by atoms with Crippen molar-refractivity contribution < 1.29 is 14.3 Å². The Morgan fingerprint density at radius 2 is 2.05 bits per heavy atom. The number of aromatic nitrogens is 3. The first-order valence-electron chi connectivity index (χ1n) is 13.0. The lowest BCUT2D eigenvalue weighted by atomic mass is 9.79. The van der Waals surface area contributed by atoms with Crippen molar-refractivity contribution in [2.75, 3.05) is 38.4 Å². The number of rotatable bonds is 11. The summed E-state index contributed by atoms with van der Waals surface area (Å²) in [6.45, 7) is 0.468. The molecule has 5 N–H and O–H groups in total. The van der Waals surface area contributed by atoms with Gasteiger partial charge in [-0.2, -0.15) is 9.97 Å². The average molecular weight is 548 g/mol. The van der Waals surface area contributed by atoms with E-state index in [0.29, 0.717) is 52.6 Å². The zero-order chi connectivity index (χ0) is 27.5. The van der Waals surface area contributed by atoms with E-state index in [1.165, 1.54) is 22.5 Å². The standard InChI is InChI=1S/C28H33N7O3S/c1-35(2)15-18(36)8-7-16-5-4-6-17-13-23(38-3)22(14-20(16)17)32-28-33-26-19(9-11-30-26)27(34-28)31-21-10-12-39-24(21)25(29)37/h9-14,16H,4-8,15H2,1-3H3,(H2,29,37)(H3,30,31,32,33,34). The van der Waals surface area contributed by atoms with Gasteiger partial charge in [-0.1, -0.05) is 0 Å². The number of nitrogens with zero attached hydrogens (tertiary/aromatic N) is 3. The molecule has 0 bridgehead atoms. The van der Waals surface area contributed by atoms with Crippen molar-refractivity contribution in [3.05, 3.63) is 51.8 Å². The lowest BCUT2D eigenvalue weighted by molar-refractivity contribution is -0.119. The van der Waals surface area contributed by atoms with E-state index in [1.54, 1.807) is 24.8 Å². The zero-order valence-electron chi connectivity index (χ0n) is 22.3. The molecule has 1 aromatic carbocycles. The molecule has 1 unspecified atom stereocenters. The third-order valence-corrected chi connectivity index (χ3v) is 7.90. The maximum Gasteiger partial charge on any atom is 0.260 e. The van der Waals surface area contributed by atoms with Gasteiger partial charge in [-0.25, -0.2) is 0 Å². The molecule has 3 aromatic heterocycles. The molecule has 0 aliphatic heterocycles. The molecule has 4 aromatic rings. The summed E-state index contributed by atoms with van der Waals surface area (Å²) in [5.74, 6) is 1.69. The highest BCUT2D eigenvalue weighted by Gasteiger charge is 2.24. The molecule has 1 aliphatic rings. The van der Waals surface area contributed by atoms with Crippen molar-refractivity contribution in [1.82, 2.24) is 19.9 Å². The first-order valence-corrected chi connectivity index (χ1v) is 13.8. The van der Waals surface area contributed by atoms with Crippen LogP contribution in [0.25, 0.3) is 11.0 Å². The number of ether oxygens (including phenoxy) is 1. The fourth-order valence-corrected chi connectivity index (χ4v) is 5.90. The summed E-state index contributed by atoms with van der Waals surface area (Å²) in [7, 11) is 5.49. The van der Waals surface area contributed by atoms with Gasteiger partial charge in [0.25, 0.3) is 5.91 Å². The number of hydrogen-bond donors (Lipinski definition) is 4. The van der Waals surface area contributed by atoms with Crippen molar-refractivity contribution in [2.24, 2.45) is 5.73 Å². The van der Waals surface area contributed by atoms with E-state index >= 15 is 0 Å². The van der Waals surface area contributed by atoms with E-state index in [4.69, 9.17) is 15.5 Å². The van der Waals surface area contributed by atoms with Crippen LogP contribution >= 0.6 is 11.3 Å². The number of primary amides is 1. The van der Waals surface area contributed by atoms with Crippen LogP contribution in [-0.2, 0) is 11.2 Å².